The lowest BCUT2D eigenvalue weighted by Crippen LogP contribution is -2.15. The number of anilines is 3. The van der Waals surface area contributed by atoms with Crippen LogP contribution in [0.4, 0.5) is 17.1 Å². The highest BCUT2D eigenvalue weighted by Gasteiger charge is 2.26. The molecule has 2 heteroatoms. The van der Waals surface area contributed by atoms with Gasteiger partial charge >= 0.3 is 0 Å². The van der Waals surface area contributed by atoms with Crippen molar-refractivity contribution in [2.45, 2.75) is 85.5 Å². The van der Waals surface area contributed by atoms with E-state index < -0.39 is 0 Å². The molecule has 59 heavy (non-hydrogen) atoms. The van der Waals surface area contributed by atoms with E-state index in [4.69, 9.17) is 0 Å². The van der Waals surface area contributed by atoms with Gasteiger partial charge in [-0.3, -0.25) is 0 Å². The summed E-state index contributed by atoms with van der Waals surface area (Å²) in [5, 5.41) is 7.68. The lowest BCUT2D eigenvalue weighted by molar-refractivity contribution is 0.590. The van der Waals surface area contributed by atoms with Crippen LogP contribution in [0.1, 0.15) is 84.6 Å². The molecule has 8 aromatic carbocycles. The lowest BCUT2D eigenvalue weighted by Gasteiger charge is -2.30. The second-order valence-electron chi connectivity index (χ2n) is 20.1. The molecule has 0 fully saturated rings. The zero-order chi connectivity index (χ0) is 41.2. The molecule has 2 nitrogen and oxygen atoms in total. The average Bonchev–Trinajstić information content (AvgIpc) is 3.52. The van der Waals surface area contributed by atoms with Gasteiger partial charge in [0, 0.05) is 33.5 Å². The van der Waals surface area contributed by atoms with Crippen LogP contribution in [0.5, 0.6) is 0 Å². The molecule has 0 atom stereocenters. The van der Waals surface area contributed by atoms with Gasteiger partial charge in [-0.1, -0.05) is 117 Å². The van der Waals surface area contributed by atoms with E-state index in [0.717, 1.165) is 11.4 Å². The molecule has 0 unspecified atom stereocenters. The summed E-state index contributed by atoms with van der Waals surface area (Å²) in [5.74, 6) is 0. The van der Waals surface area contributed by atoms with Crippen LogP contribution in [0, 0.1) is 6.92 Å². The lowest BCUT2D eigenvalue weighted by atomic mass is 9.78. The predicted molar refractivity (Wildman–Crippen MR) is 256 cm³/mol. The Bertz CT molecular complexity index is 3080. The summed E-state index contributed by atoms with van der Waals surface area (Å²) in [5.41, 5.74) is 18.1. The van der Waals surface area contributed by atoms with Gasteiger partial charge in [-0.25, -0.2) is 0 Å². The molecule has 9 aromatic rings. The molecule has 0 bridgehead atoms. The molecule has 0 spiro atoms. The fourth-order valence-electron chi connectivity index (χ4n) is 9.23. The molecule has 10 rings (SSSR count). The second-order valence-corrected chi connectivity index (χ2v) is 20.1. The van der Waals surface area contributed by atoms with Crippen molar-refractivity contribution in [1.29, 1.82) is 0 Å². The van der Waals surface area contributed by atoms with Crippen LogP contribution >= 0.6 is 0 Å². The van der Waals surface area contributed by atoms with Crippen LogP contribution in [0.15, 0.2) is 146 Å². The van der Waals surface area contributed by atoms with Crippen LogP contribution in [-0.2, 0) is 16.2 Å². The van der Waals surface area contributed by atoms with Crippen molar-refractivity contribution in [3.63, 3.8) is 0 Å². The van der Waals surface area contributed by atoms with Crippen molar-refractivity contribution in [3.05, 3.63) is 168 Å². The maximum absolute atomic E-state index is 2.47. The fourth-order valence-corrected chi connectivity index (χ4v) is 9.23. The first-order chi connectivity index (χ1) is 28.0. The van der Waals surface area contributed by atoms with E-state index in [1.54, 1.807) is 0 Å². The van der Waals surface area contributed by atoms with Crippen LogP contribution in [0.3, 0.4) is 0 Å². The highest BCUT2D eigenvalue weighted by Crippen LogP contribution is 2.51. The number of rotatable bonds is 4. The number of nitrogens with zero attached hydrogens (tertiary/aromatic N) is 2. The van der Waals surface area contributed by atoms with Gasteiger partial charge in [-0.15, -0.1) is 0 Å². The Labute approximate surface area is 349 Å². The minimum absolute atomic E-state index is 0.0492. The summed E-state index contributed by atoms with van der Waals surface area (Å²) >= 11 is 0. The number of benzene rings is 8. The molecule has 1 aromatic heterocycles. The third-order valence-electron chi connectivity index (χ3n) is 12.8. The molecule has 0 aliphatic heterocycles. The van der Waals surface area contributed by atoms with E-state index >= 15 is 0 Å². The monoisotopic (exact) mass is 766 g/mol. The molecule has 0 radical (unpaired) electrons. The first-order valence-electron chi connectivity index (χ1n) is 21.3. The third kappa shape index (κ3) is 6.15. The smallest absolute Gasteiger partial charge is 0.0541 e. The van der Waals surface area contributed by atoms with Crippen molar-refractivity contribution in [3.8, 4) is 27.9 Å². The summed E-state index contributed by atoms with van der Waals surface area (Å²) in [6, 6.07) is 55.5. The quantitative estimate of drug-likeness (QED) is 0.173. The molecular weight excluding hydrogens is 713 g/mol. The first kappa shape index (κ1) is 37.2. The molecule has 0 amide bonds. The highest BCUT2D eigenvalue weighted by atomic mass is 15.1. The Morgan fingerprint density at radius 3 is 1.41 bits per heavy atom. The predicted octanol–water partition coefficient (Wildman–Crippen LogP) is 16.4. The number of aryl methyl sites for hydroxylation is 1. The topological polar surface area (TPSA) is 8.17 Å². The Balaban J connectivity index is 1.07. The van der Waals surface area contributed by atoms with Crippen LogP contribution in [-0.4, -0.2) is 4.57 Å². The normalized spacial score (nSPS) is 12.9. The van der Waals surface area contributed by atoms with Gasteiger partial charge < -0.3 is 9.47 Å². The molecule has 0 saturated carbocycles. The van der Waals surface area contributed by atoms with Gasteiger partial charge in [0.2, 0.25) is 0 Å². The third-order valence-corrected chi connectivity index (χ3v) is 12.8. The van der Waals surface area contributed by atoms with Gasteiger partial charge in [-0.2, -0.15) is 0 Å². The van der Waals surface area contributed by atoms with E-state index in [0.29, 0.717) is 0 Å². The SMILES string of the molecule is Cc1ccc(C(C)(C)C)cc1N(c1ccccc1)c1ccc2cc3c(cc2c1)-c1cc2ccc(-n4c5ccc(C(C)(C)C)cc5c5cc(C(C)(C)C)ccc54)cc2cc1-3. The minimum Gasteiger partial charge on any atom is -0.310 e. The summed E-state index contributed by atoms with van der Waals surface area (Å²) in [4.78, 5) is 2.42. The van der Waals surface area contributed by atoms with E-state index in [2.05, 4.69) is 224 Å². The molecule has 0 saturated heterocycles. The summed E-state index contributed by atoms with van der Waals surface area (Å²) in [6.07, 6.45) is 0. The molecule has 292 valence electrons. The Hall–Kier alpha value is -6.12. The molecular formula is C57H54N2. The molecule has 0 N–H and O–H groups in total. The van der Waals surface area contributed by atoms with Gasteiger partial charge in [-0.05, 0) is 180 Å². The maximum atomic E-state index is 2.47. The van der Waals surface area contributed by atoms with Gasteiger partial charge in [0.1, 0.15) is 0 Å². The summed E-state index contributed by atoms with van der Waals surface area (Å²) < 4.78 is 2.47. The largest absolute Gasteiger partial charge is 0.310 e. The van der Waals surface area contributed by atoms with Crippen molar-refractivity contribution in [2.24, 2.45) is 0 Å². The zero-order valence-corrected chi connectivity index (χ0v) is 36.3. The van der Waals surface area contributed by atoms with Crippen molar-refractivity contribution >= 4 is 60.4 Å². The fraction of sp³-hybridized carbons (Fsp3) is 0.228. The number of aromatic nitrogens is 1. The average molecular weight is 767 g/mol. The molecule has 1 aliphatic carbocycles. The standard InChI is InChI=1S/C57H54N2/c1-35-16-19-42(57(8,9)10)34-54(35)58(43-14-12-11-13-15-43)44-22-17-36-28-46-48(30-38(36)26-44)47-29-37-18-23-45(27-39(37)31-49(46)47)59-52-24-20-40(55(2,3)4)32-50(52)51-33-41(56(5,6)7)21-25-53(51)59/h11-34H,1-10H3. The maximum Gasteiger partial charge on any atom is 0.0541 e. The Kier molecular flexibility index (Phi) is 8.15. The van der Waals surface area contributed by atoms with Crippen molar-refractivity contribution in [1.82, 2.24) is 4.57 Å². The van der Waals surface area contributed by atoms with Gasteiger partial charge in [0.05, 0.1) is 11.0 Å². The van der Waals surface area contributed by atoms with E-state index in [1.165, 1.54) is 99.2 Å². The summed E-state index contributed by atoms with van der Waals surface area (Å²) in [6.45, 7) is 22.9. The highest BCUT2D eigenvalue weighted by molar-refractivity contribution is 6.13. The minimum atomic E-state index is 0.0492. The van der Waals surface area contributed by atoms with E-state index in [9.17, 15) is 0 Å². The van der Waals surface area contributed by atoms with Crippen molar-refractivity contribution in [2.75, 3.05) is 4.90 Å². The molecule has 1 heterocycles. The number of fused-ring (bicyclic) bond motifs is 9. The zero-order valence-electron chi connectivity index (χ0n) is 36.3. The number of hydrogen-bond acceptors (Lipinski definition) is 1. The van der Waals surface area contributed by atoms with E-state index in [1.807, 2.05) is 0 Å². The van der Waals surface area contributed by atoms with Crippen LogP contribution < -0.4 is 4.90 Å². The van der Waals surface area contributed by atoms with Gasteiger partial charge in [0.25, 0.3) is 0 Å². The Morgan fingerprint density at radius 2 is 0.864 bits per heavy atom. The van der Waals surface area contributed by atoms with Crippen molar-refractivity contribution < 1.29 is 0 Å². The van der Waals surface area contributed by atoms with Crippen LogP contribution in [0.25, 0.3) is 71.3 Å². The second kappa shape index (κ2) is 12.9. The summed E-state index contributed by atoms with van der Waals surface area (Å²) in [7, 11) is 0. The number of para-hydroxylation sites is 1. The van der Waals surface area contributed by atoms with E-state index in [-0.39, 0.29) is 16.2 Å². The molecule has 1 aliphatic rings. The first-order valence-corrected chi connectivity index (χ1v) is 21.3. The Morgan fingerprint density at radius 1 is 0.390 bits per heavy atom. The van der Waals surface area contributed by atoms with Crippen LogP contribution in [0.2, 0.25) is 0 Å². The van der Waals surface area contributed by atoms with Gasteiger partial charge in [0.15, 0.2) is 0 Å². The number of hydrogen-bond donors (Lipinski definition) is 0.